The number of aliphatic carboxylic acids is 1. The van der Waals surface area contributed by atoms with Crippen molar-refractivity contribution in [2.75, 3.05) is 53.0 Å². The number of aliphatic hydroxyl groups excluding tert-OH is 2. The number of hydrogen-bond donors (Lipinski definition) is 13. The molecule has 0 aromatic heterocycles. The normalized spacial score (nSPS) is 19.6. The first-order chi connectivity index (χ1) is 37.7. The standard InChI is InChI=1S/C51H75N15O13/c1-79-32-17-15-30(16-18-32)24-36(43(71)61-34(49(77)78)12-6-20-58-51(55)56)62-45(73)38-13-7-21-64(38)47(75)37(28-67)63-42(70)35(23-29-9-3-2-4-10-29)60-41(69)26-59-44(72)40-25-31(68)27-66(40)48(76)39-14-8-22-65(39)46(74)33(52)11-5-19-57-50(53)54/h2-4,9-10,15-18,31,33-40,67-68H,5-8,11-14,19-28,52H2,1H3,(H,59,72)(H,60,69)(H,61,71)(H,62,73)(H,63,70)(H,77,78)(H4,53,54,57)(H4,55,56,58). The van der Waals surface area contributed by atoms with E-state index in [1.54, 1.807) is 54.6 Å². The van der Waals surface area contributed by atoms with Crippen molar-refractivity contribution in [3.05, 3.63) is 65.7 Å². The van der Waals surface area contributed by atoms with Gasteiger partial charge in [0.2, 0.25) is 47.3 Å². The maximum Gasteiger partial charge on any atom is 0.326 e. The van der Waals surface area contributed by atoms with Gasteiger partial charge in [-0.25, -0.2) is 4.79 Å². The van der Waals surface area contributed by atoms with Crippen LogP contribution in [-0.2, 0) is 56.0 Å². The minimum absolute atomic E-state index is 0.0223. The summed E-state index contributed by atoms with van der Waals surface area (Å²) < 4.78 is 5.23. The quantitative estimate of drug-likeness (QED) is 0.0216. The van der Waals surface area contributed by atoms with Crippen LogP contribution in [-0.4, -0.2) is 203 Å². The van der Waals surface area contributed by atoms with Crippen LogP contribution < -0.4 is 60.0 Å². The average Bonchev–Trinajstić information content (AvgIpc) is 4.36. The van der Waals surface area contributed by atoms with Crippen LogP contribution in [0.3, 0.4) is 0 Å². The number of carboxylic acid groups (broad SMARTS) is 1. The van der Waals surface area contributed by atoms with Gasteiger partial charge in [-0.15, -0.1) is 0 Å². The van der Waals surface area contributed by atoms with E-state index in [4.69, 9.17) is 33.4 Å². The molecule has 432 valence electrons. The van der Waals surface area contributed by atoms with Crippen LogP contribution in [0.2, 0.25) is 0 Å². The number of benzene rings is 2. The Morgan fingerprint density at radius 1 is 0.671 bits per heavy atom. The molecule has 9 atom stereocenters. The van der Waals surface area contributed by atoms with Crippen LogP contribution in [0, 0.1) is 0 Å². The first-order valence-electron chi connectivity index (χ1n) is 26.2. The number of hydrogen-bond acceptors (Lipinski definition) is 15. The Morgan fingerprint density at radius 3 is 1.81 bits per heavy atom. The number of guanidine groups is 2. The number of carboxylic acids is 1. The van der Waals surface area contributed by atoms with Gasteiger partial charge in [-0.1, -0.05) is 42.5 Å². The lowest BCUT2D eigenvalue weighted by Gasteiger charge is -2.32. The second-order valence-corrected chi connectivity index (χ2v) is 19.6. The molecule has 0 saturated carbocycles. The number of likely N-dealkylation sites (tertiary alicyclic amines) is 3. The van der Waals surface area contributed by atoms with Crippen LogP contribution in [0.1, 0.15) is 68.9 Å². The highest BCUT2D eigenvalue weighted by Gasteiger charge is 2.46. The molecule has 3 fully saturated rings. The molecular formula is C51H75N15O13. The number of aliphatic imine (C=N–C) groups is 2. The lowest BCUT2D eigenvalue weighted by molar-refractivity contribution is -0.147. The van der Waals surface area contributed by atoms with E-state index in [9.17, 15) is 58.5 Å². The Morgan fingerprint density at radius 2 is 1.23 bits per heavy atom. The Balaban J connectivity index is 1.23. The average molecular weight is 1110 g/mol. The molecule has 0 spiro atoms. The third kappa shape index (κ3) is 18.2. The summed E-state index contributed by atoms with van der Waals surface area (Å²) in [6, 6.07) is 5.12. The van der Waals surface area contributed by atoms with Crippen molar-refractivity contribution >= 4 is 65.1 Å². The smallest absolute Gasteiger partial charge is 0.326 e. The fourth-order valence-electron chi connectivity index (χ4n) is 9.70. The number of β-amino-alcohol motifs (C(OH)–C–C–N with tert-alkyl or cyclic N) is 1. The first kappa shape index (κ1) is 61.7. The van der Waals surface area contributed by atoms with E-state index in [2.05, 4.69) is 36.6 Å². The van der Waals surface area contributed by atoms with Gasteiger partial charge in [0.05, 0.1) is 32.4 Å². The molecular weight excluding hydrogens is 1030 g/mol. The number of nitrogens with zero attached hydrogens (tertiary/aromatic N) is 5. The molecule has 2 aromatic rings. The Bertz CT molecular complexity index is 2510. The molecule has 5 rings (SSSR count). The van der Waals surface area contributed by atoms with Crippen molar-refractivity contribution in [2.45, 2.75) is 125 Å². The molecule has 3 saturated heterocycles. The molecule has 28 heteroatoms. The number of amides is 8. The number of ether oxygens (including phenoxy) is 1. The van der Waals surface area contributed by atoms with Crippen molar-refractivity contribution in [1.82, 2.24) is 41.3 Å². The van der Waals surface area contributed by atoms with E-state index in [0.717, 1.165) is 4.90 Å². The number of carbonyl (C=O) groups is 9. The van der Waals surface area contributed by atoms with E-state index in [-0.39, 0.29) is 89.6 Å². The highest BCUT2D eigenvalue weighted by molar-refractivity contribution is 5.98. The lowest BCUT2D eigenvalue weighted by atomic mass is 10.0. The van der Waals surface area contributed by atoms with E-state index in [0.29, 0.717) is 42.6 Å². The summed E-state index contributed by atoms with van der Waals surface area (Å²) in [6.45, 7) is -1.18. The molecule has 2 aromatic carbocycles. The van der Waals surface area contributed by atoms with Crippen molar-refractivity contribution in [2.24, 2.45) is 38.7 Å². The highest BCUT2D eigenvalue weighted by Crippen LogP contribution is 2.27. The van der Waals surface area contributed by atoms with E-state index < -0.39 is 121 Å². The van der Waals surface area contributed by atoms with Gasteiger partial charge in [0.15, 0.2) is 11.9 Å². The second kappa shape index (κ2) is 30.1. The number of methoxy groups -OCH3 is 1. The Kier molecular flexibility index (Phi) is 23.6. The molecule has 9 unspecified atom stereocenters. The minimum Gasteiger partial charge on any atom is -0.497 e. The summed E-state index contributed by atoms with van der Waals surface area (Å²) in [4.78, 5) is 134. The van der Waals surface area contributed by atoms with Crippen molar-refractivity contribution in [3.8, 4) is 5.75 Å². The summed E-state index contributed by atoms with van der Waals surface area (Å²) in [5.74, 6) is -7.08. The Labute approximate surface area is 456 Å². The third-order valence-corrected chi connectivity index (χ3v) is 13.8. The maximum atomic E-state index is 14.2. The molecule has 28 nitrogen and oxygen atoms in total. The molecule has 79 heavy (non-hydrogen) atoms. The fraction of sp³-hybridized carbons (Fsp3) is 0.549. The molecule has 0 aliphatic carbocycles. The van der Waals surface area contributed by atoms with Gasteiger partial charge in [0, 0.05) is 52.0 Å². The predicted octanol–water partition coefficient (Wildman–Crippen LogP) is -5.01. The largest absolute Gasteiger partial charge is 0.497 e. The predicted molar refractivity (Wildman–Crippen MR) is 286 cm³/mol. The first-order valence-corrected chi connectivity index (χ1v) is 26.2. The topological polar surface area (TPSA) is 448 Å². The Hall–Kier alpha value is -8.11. The molecule has 3 aliphatic heterocycles. The van der Waals surface area contributed by atoms with Crippen LogP contribution in [0.4, 0.5) is 0 Å². The summed E-state index contributed by atoms with van der Waals surface area (Å²) in [5.41, 5.74) is 28.8. The summed E-state index contributed by atoms with van der Waals surface area (Å²) in [7, 11) is 1.47. The molecule has 8 amide bonds. The number of nitrogens with one attached hydrogen (secondary N) is 5. The molecule has 0 bridgehead atoms. The zero-order valence-electron chi connectivity index (χ0n) is 44.2. The SMILES string of the molecule is COc1ccc(CC(NC(=O)C2CCCN2C(=O)C(CO)NC(=O)C(Cc2ccccc2)NC(=O)CNC(=O)C2CC(O)CN2C(=O)C2CCCN2C(=O)C(N)CCCN=C(N)N)C(=O)NC(CCCN=C(N)N)C(=O)O)cc1. The van der Waals surface area contributed by atoms with Crippen molar-refractivity contribution in [1.29, 1.82) is 0 Å². The van der Waals surface area contributed by atoms with Gasteiger partial charge >= 0.3 is 5.97 Å². The highest BCUT2D eigenvalue weighted by atomic mass is 16.5. The van der Waals surface area contributed by atoms with Crippen LogP contribution >= 0.6 is 0 Å². The van der Waals surface area contributed by atoms with Crippen molar-refractivity contribution in [3.63, 3.8) is 0 Å². The molecule has 3 aliphatic rings. The van der Waals surface area contributed by atoms with E-state index >= 15 is 0 Å². The summed E-state index contributed by atoms with van der Waals surface area (Å²) in [5, 5.41) is 43.8. The van der Waals surface area contributed by atoms with Crippen molar-refractivity contribution < 1.29 is 63.2 Å². The summed E-state index contributed by atoms with van der Waals surface area (Å²) >= 11 is 0. The molecule has 3 heterocycles. The fourth-order valence-corrected chi connectivity index (χ4v) is 9.70. The van der Waals surface area contributed by atoms with Gasteiger partial charge in [-0.2, -0.15) is 0 Å². The third-order valence-electron chi connectivity index (χ3n) is 13.8. The van der Waals surface area contributed by atoms with Crippen LogP contribution in [0.25, 0.3) is 0 Å². The molecule has 0 radical (unpaired) electrons. The monoisotopic (exact) mass is 1110 g/mol. The van der Waals surface area contributed by atoms with Gasteiger partial charge in [0.1, 0.15) is 48.0 Å². The number of nitrogens with two attached hydrogens (primary N) is 5. The van der Waals surface area contributed by atoms with Gasteiger partial charge in [-0.3, -0.25) is 48.3 Å². The van der Waals surface area contributed by atoms with Crippen LogP contribution in [0.5, 0.6) is 5.75 Å². The van der Waals surface area contributed by atoms with Gasteiger partial charge in [-0.05, 0) is 74.6 Å². The minimum atomic E-state index is -1.63. The number of carbonyl (C=O) groups excluding carboxylic acids is 8. The van der Waals surface area contributed by atoms with E-state index in [1.807, 2.05) is 0 Å². The number of rotatable bonds is 28. The molecule has 18 N–H and O–H groups in total. The van der Waals surface area contributed by atoms with Crippen LogP contribution in [0.15, 0.2) is 64.6 Å². The van der Waals surface area contributed by atoms with Gasteiger partial charge < -0.3 is 90.0 Å². The number of aliphatic hydroxyl groups is 2. The zero-order chi connectivity index (χ0) is 57.8. The lowest BCUT2D eigenvalue weighted by Crippen LogP contribution is -2.60. The van der Waals surface area contributed by atoms with E-state index in [1.165, 1.54) is 16.9 Å². The van der Waals surface area contributed by atoms with Gasteiger partial charge in [0.25, 0.3) is 0 Å². The maximum absolute atomic E-state index is 14.2. The zero-order valence-corrected chi connectivity index (χ0v) is 44.2. The second-order valence-electron chi connectivity index (χ2n) is 19.6. The summed E-state index contributed by atoms with van der Waals surface area (Å²) in [6.07, 6.45) is 0.621.